The molecule has 2 aliphatic heterocycles. The van der Waals surface area contributed by atoms with Gasteiger partial charge in [0.05, 0.1) is 6.61 Å². The minimum Gasteiger partial charge on any atom is -0.444 e. The highest BCUT2D eigenvalue weighted by molar-refractivity contribution is 6.06. The quantitative estimate of drug-likeness (QED) is 0.799. The van der Waals surface area contributed by atoms with Crippen molar-refractivity contribution < 1.29 is 14.6 Å². The Kier molecular flexibility index (Phi) is 6.39. The molecule has 0 fully saturated rings. The van der Waals surface area contributed by atoms with E-state index < -0.39 is 6.09 Å². The lowest BCUT2D eigenvalue weighted by molar-refractivity contribution is 0.115. The fourth-order valence-electron chi connectivity index (χ4n) is 3.50. The molecule has 2 N–H and O–H groups in total. The SMILES string of the molecule is O=C(OCc1ccc(C2=NCCCN2)cc1)N1CCCN=C1c1ccc(CO)cc1. The van der Waals surface area contributed by atoms with Crippen LogP contribution in [0.4, 0.5) is 4.79 Å². The summed E-state index contributed by atoms with van der Waals surface area (Å²) in [7, 11) is 0. The van der Waals surface area contributed by atoms with Crippen molar-refractivity contribution in [3.05, 3.63) is 70.8 Å². The molecule has 0 atom stereocenters. The van der Waals surface area contributed by atoms with Gasteiger partial charge in [0.1, 0.15) is 18.3 Å². The molecule has 0 spiro atoms. The molecule has 0 bridgehead atoms. The van der Waals surface area contributed by atoms with Gasteiger partial charge in [-0.25, -0.2) is 4.79 Å². The highest BCUT2D eigenvalue weighted by Crippen LogP contribution is 2.15. The highest BCUT2D eigenvalue weighted by atomic mass is 16.6. The molecule has 0 aromatic heterocycles. The zero-order chi connectivity index (χ0) is 20.8. The fourth-order valence-corrected chi connectivity index (χ4v) is 3.50. The molecular weight excluding hydrogens is 380 g/mol. The number of ether oxygens (including phenoxy) is 1. The van der Waals surface area contributed by atoms with Gasteiger partial charge in [0, 0.05) is 37.3 Å². The predicted octanol–water partition coefficient (Wildman–Crippen LogP) is 2.71. The van der Waals surface area contributed by atoms with E-state index in [1.807, 2.05) is 48.5 Å². The lowest BCUT2D eigenvalue weighted by Crippen LogP contribution is -2.41. The van der Waals surface area contributed by atoms with Crippen LogP contribution in [0.25, 0.3) is 0 Å². The molecule has 2 heterocycles. The number of aliphatic hydroxyl groups is 1. The number of rotatable bonds is 5. The smallest absolute Gasteiger partial charge is 0.415 e. The molecular formula is C23H26N4O3. The average Bonchev–Trinajstić information content (AvgIpc) is 2.83. The summed E-state index contributed by atoms with van der Waals surface area (Å²) in [5.41, 5.74) is 3.63. The summed E-state index contributed by atoms with van der Waals surface area (Å²) in [5.74, 6) is 1.54. The molecule has 30 heavy (non-hydrogen) atoms. The van der Waals surface area contributed by atoms with Gasteiger partial charge in [-0.1, -0.05) is 48.5 Å². The summed E-state index contributed by atoms with van der Waals surface area (Å²) in [6.45, 7) is 3.24. The Morgan fingerprint density at radius 2 is 1.67 bits per heavy atom. The molecule has 0 saturated heterocycles. The van der Waals surface area contributed by atoms with Crippen LogP contribution in [0.3, 0.4) is 0 Å². The van der Waals surface area contributed by atoms with Crippen LogP contribution >= 0.6 is 0 Å². The number of carbonyl (C=O) groups excluding carboxylic acids is 1. The molecule has 0 aliphatic carbocycles. The Labute approximate surface area is 176 Å². The van der Waals surface area contributed by atoms with Crippen molar-refractivity contribution in [1.29, 1.82) is 0 Å². The van der Waals surface area contributed by atoms with Crippen LogP contribution < -0.4 is 5.32 Å². The first-order valence-electron chi connectivity index (χ1n) is 10.3. The number of nitrogens with zero attached hydrogens (tertiary/aromatic N) is 3. The molecule has 0 radical (unpaired) electrons. The largest absolute Gasteiger partial charge is 0.444 e. The predicted molar refractivity (Wildman–Crippen MR) is 116 cm³/mol. The summed E-state index contributed by atoms with van der Waals surface area (Å²) in [4.78, 5) is 23.4. The van der Waals surface area contributed by atoms with Gasteiger partial charge < -0.3 is 15.2 Å². The van der Waals surface area contributed by atoms with Gasteiger partial charge in [-0.15, -0.1) is 0 Å². The van der Waals surface area contributed by atoms with Crippen molar-refractivity contribution in [3.63, 3.8) is 0 Å². The van der Waals surface area contributed by atoms with Crippen molar-refractivity contribution in [2.24, 2.45) is 9.98 Å². The summed E-state index contributed by atoms with van der Waals surface area (Å²) in [6.07, 6.45) is 1.46. The van der Waals surface area contributed by atoms with E-state index in [1.165, 1.54) is 0 Å². The molecule has 0 unspecified atom stereocenters. The van der Waals surface area contributed by atoms with E-state index in [4.69, 9.17) is 4.74 Å². The highest BCUT2D eigenvalue weighted by Gasteiger charge is 2.24. The van der Waals surface area contributed by atoms with E-state index in [0.717, 1.165) is 54.0 Å². The summed E-state index contributed by atoms with van der Waals surface area (Å²) in [6, 6.07) is 15.3. The normalized spacial score (nSPS) is 16.4. The third-order valence-corrected chi connectivity index (χ3v) is 5.16. The fraction of sp³-hybridized carbons (Fsp3) is 0.348. The molecule has 0 saturated carbocycles. The summed E-state index contributed by atoms with van der Waals surface area (Å²) < 4.78 is 5.57. The standard InChI is InChI=1S/C23H26N4O3/c28-15-17-3-9-20(10-4-17)22-26-13-2-14-27(22)23(29)30-16-18-5-7-19(8-6-18)21-24-11-1-12-25-21/h3-10,28H,1-2,11-16H2,(H,24,25). The second-order valence-electron chi connectivity index (χ2n) is 7.33. The van der Waals surface area contributed by atoms with Crippen molar-refractivity contribution in [2.45, 2.75) is 26.1 Å². The Morgan fingerprint density at radius 3 is 2.37 bits per heavy atom. The van der Waals surface area contributed by atoms with E-state index in [1.54, 1.807) is 4.90 Å². The number of amidine groups is 2. The Hall–Kier alpha value is -3.19. The average molecular weight is 406 g/mol. The summed E-state index contributed by atoms with van der Waals surface area (Å²) in [5, 5.41) is 12.5. The van der Waals surface area contributed by atoms with Crippen LogP contribution in [0, 0.1) is 0 Å². The molecule has 7 heteroatoms. The minimum atomic E-state index is -0.401. The third-order valence-electron chi connectivity index (χ3n) is 5.16. The van der Waals surface area contributed by atoms with Crippen LogP contribution in [-0.4, -0.2) is 53.9 Å². The molecule has 2 aromatic rings. The van der Waals surface area contributed by atoms with E-state index in [9.17, 15) is 9.90 Å². The van der Waals surface area contributed by atoms with Gasteiger partial charge >= 0.3 is 6.09 Å². The van der Waals surface area contributed by atoms with E-state index in [2.05, 4.69) is 15.3 Å². The first kappa shape index (κ1) is 20.1. The topological polar surface area (TPSA) is 86.5 Å². The van der Waals surface area contributed by atoms with Gasteiger partial charge in [0.25, 0.3) is 0 Å². The van der Waals surface area contributed by atoms with E-state index in [0.29, 0.717) is 18.9 Å². The van der Waals surface area contributed by atoms with Crippen molar-refractivity contribution in [1.82, 2.24) is 10.2 Å². The van der Waals surface area contributed by atoms with E-state index >= 15 is 0 Å². The van der Waals surface area contributed by atoms with E-state index in [-0.39, 0.29) is 13.2 Å². The lowest BCUT2D eigenvalue weighted by atomic mass is 10.1. The first-order chi connectivity index (χ1) is 14.7. The minimum absolute atomic E-state index is 0.0132. The van der Waals surface area contributed by atoms with Crippen molar-refractivity contribution >= 4 is 17.8 Å². The number of amides is 1. The molecule has 7 nitrogen and oxygen atoms in total. The number of aliphatic imine (C=N–C) groups is 2. The number of aliphatic hydroxyl groups excluding tert-OH is 1. The van der Waals surface area contributed by atoms with Gasteiger partial charge in [0.15, 0.2) is 0 Å². The molecule has 2 aromatic carbocycles. The molecule has 156 valence electrons. The van der Waals surface area contributed by atoms with Crippen LogP contribution in [0.2, 0.25) is 0 Å². The molecule has 4 rings (SSSR count). The molecule has 2 aliphatic rings. The third kappa shape index (κ3) is 4.68. The van der Waals surface area contributed by atoms with Gasteiger partial charge in [-0.2, -0.15) is 0 Å². The number of hydrogen-bond donors (Lipinski definition) is 2. The zero-order valence-corrected chi connectivity index (χ0v) is 16.9. The van der Waals surface area contributed by atoms with Gasteiger partial charge in [-0.3, -0.25) is 14.9 Å². The van der Waals surface area contributed by atoms with Crippen LogP contribution in [0.5, 0.6) is 0 Å². The monoisotopic (exact) mass is 406 g/mol. The lowest BCUT2D eigenvalue weighted by Gasteiger charge is -2.27. The Bertz CT molecular complexity index is 936. The second kappa shape index (κ2) is 9.54. The van der Waals surface area contributed by atoms with Gasteiger partial charge in [0.2, 0.25) is 0 Å². The second-order valence-corrected chi connectivity index (χ2v) is 7.33. The maximum atomic E-state index is 12.7. The molecule has 1 amide bonds. The van der Waals surface area contributed by atoms with Gasteiger partial charge in [-0.05, 0) is 24.0 Å². The summed E-state index contributed by atoms with van der Waals surface area (Å²) >= 11 is 0. The number of hydrogen-bond acceptors (Lipinski definition) is 6. The number of carbonyl (C=O) groups is 1. The Morgan fingerprint density at radius 1 is 0.967 bits per heavy atom. The van der Waals surface area contributed by atoms with Crippen LogP contribution in [-0.2, 0) is 18.0 Å². The number of nitrogens with one attached hydrogen (secondary N) is 1. The Balaban J connectivity index is 1.39. The van der Waals surface area contributed by atoms with Crippen molar-refractivity contribution in [2.75, 3.05) is 26.2 Å². The van der Waals surface area contributed by atoms with Crippen LogP contribution in [0.15, 0.2) is 58.5 Å². The van der Waals surface area contributed by atoms with Crippen LogP contribution in [0.1, 0.15) is 35.1 Å². The van der Waals surface area contributed by atoms with Crippen molar-refractivity contribution in [3.8, 4) is 0 Å². The maximum absolute atomic E-state index is 12.7. The number of benzene rings is 2. The zero-order valence-electron chi connectivity index (χ0n) is 16.9. The maximum Gasteiger partial charge on any atom is 0.415 e. The first-order valence-corrected chi connectivity index (χ1v) is 10.3.